The highest BCUT2D eigenvalue weighted by atomic mass is 35.5. The third kappa shape index (κ3) is 3.15. The minimum atomic E-state index is -1.17. The molecule has 1 aromatic carbocycles. The van der Waals surface area contributed by atoms with Gasteiger partial charge in [-0.15, -0.1) is 0 Å². The maximum atomic E-state index is 13.1. The van der Waals surface area contributed by atoms with Crippen molar-refractivity contribution in [2.45, 2.75) is 18.6 Å². The van der Waals surface area contributed by atoms with E-state index < -0.39 is 18.0 Å². The number of aliphatic hydroxyl groups excluding tert-OH is 2. The highest BCUT2D eigenvalue weighted by Crippen LogP contribution is 2.28. The smallest absolute Gasteiger partial charge is 0.142 e. The Morgan fingerprint density at radius 1 is 1.44 bits per heavy atom. The van der Waals surface area contributed by atoms with Crippen LogP contribution in [0.2, 0.25) is 5.02 Å². The number of nitrogens with one attached hydrogen (secondary N) is 1. The highest BCUT2D eigenvalue weighted by Gasteiger charge is 2.21. The summed E-state index contributed by atoms with van der Waals surface area (Å²) >= 11 is 5.70. The molecule has 0 bridgehead atoms. The van der Waals surface area contributed by atoms with E-state index in [1.807, 2.05) is 0 Å². The molecular formula is C11H15ClFNO2. The fourth-order valence-corrected chi connectivity index (χ4v) is 1.64. The summed E-state index contributed by atoms with van der Waals surface area (Å²) in [5.74, 6) is -0.598. The maximum absolute atomic E-state index is 13.1. The molecule has 0 saturated heterocycles. The molecule has 0 aliphatic rings. The van der Waals surface area contributed by atoms with Crippen LogP contribution in [0, 0.1) is 5.82 Å². The van der Waals surface area contributed by atoms with Gasteiger partial charge in [-0.1, -0.05) is 23.7 Å². The van der Waals surface area contributed by atoms with E-state index in [0.717, 1.165) is 0 Å². The summed E-state index contributed by atoms with van der Waals surface area (Å²) in [5.41, 5.74) is 0.213. The van der Waals surface area contributed by atoms with Crippen LogP contribution in [0.15, 0.2) is 18.2 Å². The summed E-state index contributed by atoms with van der Waals surface area (Å²) in [6.45, 7) is 0.561. The third-order valence-electron chi connectivity index (χ3n) is 2.35. The van der Waals surface area contributed by atoms with Crippen molar-refractivity contribution in [2.75, 3.05) is 13.6 Å². The lowest BCUT2D eigenvalue weighted by Crippen LogP contribution is -2.23. The zero-order valence-electron chi connectivity index (χ0n) is 8.95. The second kappa shape index (κ2) is 6.15. The van der Waals surface area contributed by atoms with Crippen LogP contribution in [-0.2, 0) is 0 Å². The van der Waals surface area contributed by atoms with Gasteiger partial charge < -0.3 is 15.5 Å². The number of hydrogen-bond donors (Lipinski definition) is 3. The van der Waals surface area contributed by atoms with E-state index in [9.17, 15) is 14.6 Å². The SMILES string of the molecule is CNCCC(O)C(O)c1cccc(F)c1Cl. The first kappa shape index (κ1) is 13.4. The van der Waals surface area contributed by atoms with Crippen molar-refractivity contribution in [3.05, 3.63) is 34.6 Å². The largest absolute Gasteiger partial charge is 0.390 e. The molecule has 0 fully saturated rings. The molecular weight excluding hydrogens is 233 g/mol. The van der Waals surface area contributed by atoms with Crippen LogP contribution in [0.1, 0.15) is 18.1 Å². The first-order chi connectivity index (χ1) is 7.57. The van der Waals surface area contributed by atoms with Gasteiger partial charge in [0, 0.05) is 5.56 Å². The molecule has 0 heterocycles. The third-order valence-corrected chi connectivity index (χ3v) is 2.75. The Labute approximate surface area is 98.9 Å². The van der Waals surface area contributed by atoms with Crippen molar-refractivity contribution in [2.24, 2.45) is 0 Å². The van der Waals surface area contributed by atoms with Gasteiger partial charge in [0.25, 0.3) is 0 Å². The topological polar surface area (TPSA) is 52.5 Å². The highest BCUT2D eigenvalue weighted by molar-refractivity contribution is 6.31. The van der Waals surface area contributed by atoms with Gasteiger partial charge in [0.2, 0.25) is 0 Å². The van der Waals surface area contributed by atoms with Crippen molar-refractivity contribution in [3.8, 4) is 0 Å². The Morgan fingerprint density at radius 2 is 2.12 bits per heavy atom. The van der Waals surface area contributed by atoms with E-state index in [2.05, 4.69) is 5.32 Å². The minimum absolute atomic E-state index is 0.140. The van der Waals surface area contributed by atoms with E-state index in [1.165, 1.54) is 18.2 Å². The molecule has 90 valence electrons. The Kier molecular flexibility index (Phi) is 5.15. The average Bonchev–Trinajstić information content (AvgIpc) is 2.28. The molecule has 2 unspecified atom stereocenters. The van der Waals surface area contributed by atoms with Crippen LogP contribution in [0.25, 0.3) is 0 Å². The molecule has 5 heteroatoms. The summed E-state index contributed by atoms with van der Waals surface area (Å²) in [6, 6.07) is 4.15. The Balaban J connectivity index is 2.79. The molecule has 0 aliphatic heterocycles. The maximum Gasteiger partial charge on any atom is 0.142 e. The van der Waals surface area contributed by atoms with Gasteiger partial charge in [0.05, 0.1) is 11.1 Å². The van der Waals surface area contributed by atoms with Crippen LogP contribution < -0.4 is 5.32 Å². The van der Waals surface area contributed by atoms with Crippen molar-refractivity contribution < 1.29 is 14.6 Å². The molecule has 0 spiro atoms. The second-order valence-electron chi connectivity index (χ2n) is 3.55. The minimum Gasteiger partial charge on any atom is -0.390 e. The fourth-order valence-electron chi connectivity index (χ4n) is 1.41. The Morgan fingerprint density at radius 3 is 2.75 bits per heavy atom. The summed E-state index contributed by atoms with van der Waals surface area (Å²) in [5, 5.41) is 22.2. The molecule has 16 heavy (non-hydrogen) atoms. The van der Waals surface area contributed by atoms with Gasteiger partial charge in [-0.05, 0) is 26.1 Å². The summed E-state index contributed by atoms with van der Waals surface area (Å²) < 4.78 is 13.1. The average molecular weight is 248 g/mol. The van der Waals surface area contributed by atoms with E-state index in [4.69, 9.17) is 11.6 Å². The first-order valence-corrected chi connectivity index (χ1v) is 5.40. The number of hydrogen-bond acceptors (Lipinski definition) is 3. The van der Waals surface area contributed by atoms with Crippen molar-refractivity contribution in [3.63, 3.8) is 0 Å². The second-order valence-corrected chi connectivity index (χ2v) is 3.93. The quantitative estimate of drug-likeness (QED) is 0.739. The summed E-state index contributed by atoms with van der Waals surface area (Å²) in [7, 11) is 1.74. The van der Waals surface area contributed by atoms with Crippen molar-refractivity contribution in [1.29, 1.82) is 0 Å². The molecule has 2 atom stereocenters. The molecule has 0 saturated carbocycles. The molecule has 3 nitrogen and oxygen atoms in total. The van der Waals surface area contributed by atoms with Crippen LogP contribution >= 0.6 is 11.6 Å². The van der Waals surface area contributed by atoms with Gasteiger partial charge in [-0.3, -0.25) is 0 Å². The summed E-state index contributed by atoms with van der Waals surface area (Å²) in [4.78, 5) is 0. The zero-order chi connectivity index (χ0) is 12.1. The van der Waals surface area contributed by atoms with Gasteiger partial charge in [0.1, 0.15) is 11.9 Å². The van der Waals surface area contributed by atoms with Crippen molar-refractivity contribution >= 4 is 11.6 Å². The van der Waals surface area contributed by atoms with E-state index >= 15 is 0 Å². The summed E-state index contributed by atoms with van der Waals surface area (Å²) in [6.07, 6.45) is -1.77. The lowest BCUT2D eigenvalue weighted by Gasteiger charge is -2.19. The molecule has 0 aromatic heterocycles. The number of aliphatic hydroxyl groups is 2. The van der Waals surface area contributed by atoms with Crippen LogP contribution in [0.3, 0.4) is 0 Å². The van der Waals surface area contributed by atoms with E-state index in [0.29, 0.717) is 13.0 Å². The Hall–Kier alpha value is -0.680. The molecule has 3 N–H and O–H groups in total. The van der Waals surface area contributed by atoms with Crippen LogP contribution in [0.4, 0.5) is 4.39 Å². The Bertz CT molecular complexity index is 349. The van der Waals surface area contributed by atoms with Crippen molar-refractivity contribution in [1.82, 2.24) is 5.32 Å². The van der Waals surface area contributed by atoms with Crippen LogP contribution in [0.5, 0.6) is 0 Å². The molecule has 1 rings (SSSR count). The molecule has 1 aromatic rings. The van der Waals surface area contributed by atoms with Gasteiger partial charge >= 0.3 is 0 Å². The monoisotopic (exact) mass is 247 g/mol. The van der Waals surface area contributed by atoms with E-state index in [-0.39, 0.29) is 10.6 Å². The lowest BCUT2D eigenvalue weighted by atomic mass is 10.0. The molecule has 0 amide bonds. The van der Waals surface area contributed by atoms with Crippen LogP contribution in [-0.4, -0.2) is 29.9 Å². The van der Waals surface area contributed by atoms with Gasteiger partial charge in [-0.2, -0.15) is 0 Å². The lowest BCUT2D eigenvalue weighted by molar-refractivity contribution is 0.0139. The standard InChI is InChI=1S/C11H15ClFNO2/c1-14-6-5-9(15)11(16)7-3-2-4-8(13)10(7)12/h2-4,9,11,14-16H,5-6H2,1H3. The molecule has 0 aliphatic carbocycles. The number of benzene rings is 1. The first-order valence-electron chi connectivity index (χ1n) is 5.02. The molecule has 0 radical (unpaired) electrons. The normalized spacial score (nSPS) is 14.8. The zero-order valence-corrected chi connectivity index (χ0v) is 9.71. The predicted octanol–water partition coefficient (Wildman–Crippen LogP) is 1.48. The number of rotatable bonds is 5. The predicted molar refractivity (Wildman–Crippen MR) is 60.9 cm³/mol. The van der Waals surface area contributed by atoms with Gasteiger partial charge in [-0.25, -0.2) is 4.39 Å². The fraction of sp³-hybridized carbons (Fsp3) is 0.455. The number of halogens is 2. The van der Waals surface area contributed by atoms with E-state index in [1.54, 1.807) is 7.05 Å². The van der Waals surface area contributed by atoms with Gasteiger partial charge in [0.15, 0.2) is 0 Å².